The molecule has 0 amide bonds. The van der Waals surface area contributed by atoms with Crippen molar-refractivity contribution in [2.24, 2.45) is 5.92 Å². The summed E-state index contributed by atoms with van der Waals surface area (Å²) < 4.78 is 0. The molecule has 2 heteroatoms. The predicted octanol–water partition coefficient (Wildman–Crippen LogP) is 2.36. The average Bonchev–Trinajstić information content (AvgIpc) is 2.31. The molecule has 1 N–H and O–H groups in total. The van der Waals surface area contributed by atoms with Gasteiger partial charge >= 0.3 is 0 Å². The third-order valence-electron chi connectivity index (χ3n) is 3.88. The van der Waals surface area contributed by atoms with E-state index < -0.39 is 0 Å². The summed E-state index contributed by atoms with van der Waals surface area (Å²) >= 11 is 0. The van der Waals surface area contributed by atoms with E-state index in [4.69, 9.17) is 5.11 Å². The summed E-state index contributed by atoms with van der Waals surface area (Å²) in [4.78, 5) is 2.37. The van der Waals surface area contributed by atoms with Crippen molar-refractivity contribution in [2.75, 3.05) is 26.2 Å². The summed E-state index contributed by atoms with van der Waals surface area (Å²) in [6, 6.07) is 0. The summed E-state index contributed by atoms with van der Waals surface area (Å²) in [5.74, 6) is 0.770. The standard InChI is InChI=1S/C14H23NO/c1-12-4-2-3-5-14(12)13-6-8-15(9-7-13)10-11-16/h4-5,13,16H,2-3,6-11H2,1H3. The molecule has 1 heterocycles. The summed E-state index contributed by atoms with van der Waals surface area (Å²) in [7, 11) is 0. The molecule has 1 aliphatic heterocycles. The van der Waals surface area contributed by atoms with Gasteiger partial charge < -0.3 is 10.0 Å². The number of piperidine rings is 1. The summed E-state index contributed by atoms with van der Waals surface area (Å²) in [6.45, 7) is 5.70. The number of nitrogens with zero attached hydrogens (tertiary/aromatic N) is 1. The lowest BCUT2D eigenvalue weighted by molar-refractivity contribution is 0.156. The molecule has 0 spiro atoms. The van der Waals surface area contributed by atoms with Crippen LogP contribution in [0.25, 0.3) is 0 Å². The maximum atomic E-state index is 8.91. The molecule has 2 rings (SSSR count). The van der Waals surface area contributed by atoms with Crippen LogP contribution in [0.1, 0.15) is 32.6 Å². The first-order chi connectivity index (χ1) is 7.81. The third kappa shape index (κ3) is 2.74. The van der Waals surface area contributed by atoms with E-state index in [-0.39, 0.29) is 0 Å². The van der Waals surface area contributed by atoms with Crippen molar-refractivity contribution in [2.45, 2.75) is 32.6 Å². The van der Waals surface area contributed by atoms with Crippen LogP contribution in [0, 0.1) is 5.92 Å². The van der Waals surface area contributed by atoms with Crippen LogP contribution in [-0.4, -0.2) is 36.2 Å². The van der Waals surface area contributed by atoms with E-state index in [0.29, 0.717) is 6.61 Å². The number of β-amino-alcohol motifs (C(OH)–C–C–N with tert-alkyl or cyclic N) is 1. The van der Waals surface area contributed by atoms with E-state index in [1.165, 1.54) is 31.3 Å². The Labute approximate surface area is 98.6 Å². The normalized spacial score (nSPS) is 24.1. The van der Waals surface area contributed by atoms with Crippen molar-refractivity contribution >= 4 is 0 Å². The Bertz CT molecular complexity index is 285. The van der Waals surface area contributed by atoms with Crippen molar-refractivity contribution in [3.8, 4) is 0 Å². The second kappa shape index (κ2) is 5.65. The Morgan fingerprint density at radius 3 is 2.56 bits per heavy atom. The van der Waals surface area contributed by atoms with Gasteiger partial charge in [0, 0.05) is 6.54 Å². The highest BCUT2D eigenvalue weighted by Gasteiger charge is 2.23. The molecule has 2 aliphatic rings. The fraction of sp³-hybridized carbons (Fsp3) is 0.714. The van der Waals surface area contributed by atoms with Crippen LogP contribution in [-0.2, 0) is 0 Å². The maximum absolute atomic E-state index is 8.91. The van der Waals surface area contributed by atoms with Crippen molar-refractivity contribution in [1.82, 2.24) is 4.90 Å². The molecule has 0 aromatic heterocycles. The van der Waals surface area contributed by atoms with Gasteiger partial charge in [0.25, 0.3) is 0 Å². The van der Waals surface area contributed by atoms with E-state index in [1.807, 2.05) is 0 Å². The van der Waals surface area contributed by atoms with Crippen molar-refractivity contribution in [1.29, 1.82) is 0 Å². The highest BCUT2D eigenvalue weighted by atomic mass is 16.3. The van der Waals surface area contributed by atoms with E-state index >= 15 is 0 Å². The predicted molar refractivity (Wildman–Crippen MR) is 67.3 cm³/mol. The lowest BCUT2D eigenvalue weighted by atomic mass is 9.82. The number of aliphatic hydroxyl groups excluding tert-OH is 1. The van der Waals surface area contributed by atoms with Gasteiger partial charge in [0.05, 0.1) is 6.61 Å². The minimum atomic E-state index is 0.298. The summed E-state index contributed by atoms with van der Waals surface area (Å²) in [6.07, 6.45) is 9.80. The van der Waals surface area contributed by atoms with Crippen LogP contribution in [0.4, 0.5) is 0 Å². The van der Waals surface area contributed by atoms with Gasteiger partial charge in [0.15, 0.2) is 0 Å². The molecule has 0 aromatic rings. The van der Waals surface area contributed by atoms with Gasteiger partial charge in [-0.3, -0.25) is 0 Å². The smallest absolute Gasteiger partial charge is 0.0558 e. The minimum Gasteiger partial charge on any atom is -0.395 e. The first-order valence-corrected chi connectivity index (χ1v) is 6.51. The first-order valence-electron chi connectivity index (χ1n) is 6.51. The van der Waals surface area contributed by atoms with Gasteiger partial charge in [-0.25, -0.2) is 0 Å². The molecule has 0 atom stereocenters. The van der Waals surface area contributed by atoms with E-state index in [0.717, 1.165) is 25.6 Å². The Morgan fingerprint density at radius 2 is 1.94 bits per heavy atom. The average molecular weight is 221 g/mol. The SMILES string of the molecule is CC1=CCCC=C1C1CCN(CCO)CC1. The number of hydrogen-bond acceptors (Lipinski definition) is 2. The Hall–Kier alpha value is -0.600. The zero-order valence-corrected chi connectivity index (χ0v) is 10.3. The van der Waals surface area contributed by atoms with E-state index in [9.17, 15) is 0 Å². The van der Waals surface area contributed by atoms with Crippen LogP contribution in [0.3, 0.4) is 0 Å². The van der Waals surface area contributed by atoms with E-state index in [1.54, 1.807) is 5.57 Å². The van der Waals surface area contributed by atoms with Crippen LogP contribution in [0.5, 0.6) is 0 Å². The third-order valence-corrected chi connectivity index (χ3v) is 3.88. The highest BCUT2D eigenvalue weighted by Crippen LogP contribution is 2.32. The molecule has 0 radical (unpaired) electrons. The van der Waals surface area contributed by atoms with Gasteiger partial charge in [0.2, 0.25) is 0 Å². The quantitative estimate of drug-likeness (QED) is 0.791. The first kappa shape index (κ1) is 11.9. The van der Waals surface area contributed by atoms with Gasteiger partial charge in [-0.05, 0) is 57.2 Å². The summed E-state index contributed by atoms with van der Waals surface area (Å²) in [5, 5.41) is 8.91. The van der Waals surface area contributed by atoms with Crippen LogP contribution < -0.4 is 0 Å². The molecule has 1 aliphatic carbocycles. The zero-order chi connectivity index (χ0) is 11.4. The van der Waals surface area contributed by atoms with Gasteiger partial charge in [-0.1, -0.05) is 17.7 Å². The molecule has 1 saturated heterocycles. The molecular formula is C14H23NO. The topological polar surface area (TPSA) is 23.5 Å². The van der Waals surface area contributed by atoms with Crippen molar-refractivity contribution in [3.05, 3.63) is 23.3 Å². The second-order valence-corrected chi connectivity index (χ2v) is 4.96. The Kier molecular flexibility index (Phi) is 4.19. The number of allylic oxidation sites excluding steroid dienone is 4. The lowest BCUT2D eigenvalue weighted by Crippen LogP contribution is -2.36. The number of likely N-dealkylation sites (tertiary alicyclic amines) is 1. The molecule has 0 aromatic carbocycles. The maximum Gasteiger partial charge on any atom is 0.0558 e. The van der Waals surface area contributed by atoms with Crippen LogP contribution in [0.15, 0.2) is 23.3 Å². The van der Waals surface area contributed by atoms with Gasteiger partial charge in [-0.2, -0.15) is 0 Å². The minimum absolute atomic E-state index is 0.298. The largest absolute Gasteiger partial charge is 0.395 e. The molecule has 0 saturated carbocycles. The molecule has 90 valence electrons. The van der Waals surface area contributed by atoms with Crippen molar-refractivity contribution < 1.29 is 5.11 Å². The van der Waals surface area contributed by atoms with Crippen molar-refractivity contribution in [3.63, 3.8) is 0 Å². The van der Waals surface area contributed by atoms with Crippen LogP contribution in [0.2, 0.25) is 0 Å². The van der Waals surface area contributed by atoms with Gasteiger partial charge in [0.1, 0.15) is 0 Å². The molecule has 1 fully saturated rings. The molecular weight excluding hydrogens is 198 g/mol. The molecule has 2 nitrogen and oxygen atoms in total. The monoisotopic (exact) mass is 221 g/mol. The molecule has 0 unspecified atom stereocenters. The van der Waals surface area contributed by atoms with Gasteiger partial charge in [-0.15, -0.1) is 0 Å². The Morgan fingerprint density at radius 1 is 1.25 bits per heavy atom. The Balaban J connectivity index is 1.89. The number of aliphatic hydroxyl groups is 1. The van der Waals surface area contributed by atoms with Crippen LogP contribution >= 0.6 is 0 Å². The molecule has 16 heavy (non-hydrogen) atoms. The lowest BCUT2D eigenvalue weighted by Gasteiger charge is -2.33. The second-order valence-electron chi connectivity index (χ2n) is 4.96. The fourth-order valence-electron chi connectivity index (χ4n) is 2.92. The van der Waals surface area contributed by atoms with E-state index in [2.05, 4.69) is 24.0 Å². The summed E-state index contributed by atoms with van der Waals surface area (Å²) in [5.41, 5.74) is 3.11. The fourth-order valence-corrected chi connectivity index (χ4v) is 2.92. The number of rotatable bonds is 3. The zero-order valence-electron chi connectivity index (χ0n) is 10.3. The highest BCUT2D eigenvalue weighted by molar-refractivity contribution is 5.34. The molecule has 0 bridgehead atoms. The number of hydrogen-bond donors (Lipinski definition) is 1.